The maximum Gasteiger partial charge on any atom is 0.162 e. The van der Waals surface area contributed by atoms with E-state index in [1.165, 1.54) is 6.08 Å². The van der Waals surface area contributed by atoms with Gasteiger partial charge in [-0.3, -0.25) is 4.79 Å². The van der Waals surface area contributed by atoms with E-state index in [9.17, 15) is 4.79 Å². The molecule has 0 unspecified atom stereocenters. The second kappa shape index (κ2) is 9.66. The first-order chi connectivity index (χ1) is 4.26. The number of hydrogen-bond acceptors (Lipinski definition) is 1. The topological polar surface area (TPSA) is 29.1 Å². The van der Waals surface area contributed by atoms with Crippen LogP contribution in [0.2, 0.25) is 0 Å². The van der Waals surface area contributed by atoms with Gasteiger partial charge < -0.3 is 19.7 Å². The van der Waals surface area contributed by atoms with Crippen molar-refractivity contribution in [2.45, 2.75) is 6.42 Å². The molecule has 0 atom stereocenters. The molecule has 0 aromatic heterocycles. The Morgan fingerprint density at radius 2 is 2.09 bits per heavy atom. The summed E-state index contributed by atoms with van der Waals surface area (Å²) in [6.45, 7) is 7.02. The molecule has 0 aliphatic rings. The number of amides is 1. The van der Waals surface area contributed by atoms with Gasteiger partial charge in [0.2, 0.25) is 0 Å². The summed E-state index contributed by atoms with van der Waals surface area (Å²) >= 11 is 0. The average Bonchev–Trinajstić information content (AvgIpc) is 1.90. The van der Waals surface area contributed by atoms with E-state index in [0.717, 1.165) is 0 Å². The summed E-state index contributed by atoms with van der Waals surface area (Å²) in [7, 11) is 1.58. The Morgan fingerprint density at radius 1 is 1.64 bits per heavy atom. The van der Waals surface area contributed by atoms with Gasteiger partial charge >= 0.3 is 0 Å². The molecule has 1 radical (unpaired) electrons. The standard InChI is InChI=1S/C7H11NO.CH3.V/c1-4-6(5-2)7(9)8-3;;/h4H,1-2,5H2,3H3,(H,8,9);1H3;/q-2;-1;. The first-order valence-corrected chi connectivity index (χ1v) is 2.75. The molecular formula is C8H14NOV-3. The first kappa shape index (κ1) is 17.0. The number of nitrogens with one attached hydrogen (secondary N) is 1. The summed E-state index contributed by atoms with van der Waals surface area (Å²) < 4.78 is 0. The van der Waals surface area contributed by atoms with Crippen LogP contribution in [0.15, 0.2) is 11.6 Å². The molecule has 0 heterocycles. The van der Waals surface area contributed by atoms with Crippen molar-refractivity contribution < 1.29 is 23.4 Å². The largest absolute Gasteiger partial charge is 0.371 e. The van der Waals surface area contributed by atoms with E-state index in [2.05, 4.69) is 19.2 Å². The van der Waals surface area contributed by atoms with Gasteiger partial charge in [0.25, 0.3) is 0 Å². The molecule has 3 heteroatoms. The van der Waals surface area contributed by atoms with E-state index in [1.54, 1.807) is 7.05 Å². The van der Waals surface area contributed by atoms with E-state index >= 15 is 0 Å². The monoisotopic (exact) mass is 191 g/mol. The summed E-state index contributed by atoms with van der Waals surface area (Å²) in [5.41, 5.74) is 0.623. The molecule has 0 bridgehead atoms. The number of likely N-dealkylation sites (N-methyl/N-ethyl adjacent to an activating group) is 1. The van der Waals surface area contributed by atoms with Crippen LogP contribution in [0.4, 0.5) is 0 Å². The van der Waals surface area contributed by atoms with E-state index in [0.29, 0.717) is 12.0 Å². The minimum absolute atomic E-state index is 0. The number of rotatable bonds is 2. The van der Waals surface area contributed by atoms with Gasteiger partial charge in [0.1, 0.15) is 0 Å². The molecule has 0 rings (SSSR count). The molecule has 65 valence electrons. The summed E-state index contributed by atoms with van der Waals surface area (Å²) in [6, 6.07) is 0. The Kier molecular flexibility index (Phi) is 14.9. The summed E-state index contributed by atoms with van der Waals surface area (Å²) in [5, 5.41) is 2.48. The van der Waals surface area contributed by atoms with Gasteiger partial charge in [-0.2, -0.15) is 5.57 Å². The zero-order chi connectivity index (χ0) is 7.28. The molecule has 0 aromatic rings. The van der Waals surface area contributed by atoms with E-state index in [4.69, 9.17) is 0 Å². The SMILES string of the molecule is [CH2-]C=C(C[CH2-])C(=O)NC.[CH3-].[V]. The van der Waals surface area contributed by atoms with Crippen molar-refractivity contribution in [3.05, 3.63) is 32.9 Å². The molecule has 1 N–H and O–H groups in total. The van der Waals surface area contributed by atoms with Crippen LogP contribution in [0.1, 0.15) is 6.42 Å². The Balaban J connectivity index is -0.000000320. The zero-order valence-corrected chi connectivity index (χ0v) is 8.45. The zero-order valence-electron chi connectivity index (χ0n) is 7.05. The van der Waals surface area contributed by atoms with Crippen molar-refractivity contribution in [1.82, 2.24) is 5.32 Å². The maximum absolute atomic E-state index is 10.7. The van der Waals surface area contributed by atoms with Crippen LogP contribution >= 0.6 is 0 Å². The number of hydrogen-bond donors (Lipinski definition) is 1. The second-order valence-corrected chi connectivity index (χ2v) is 1.56. The molecule has 0 spiro atoms. The maximum atomic E-state index is 10.7. The van der Waals surface area contributed by atoms with E-state index in [1.807, 2.05) is 0 Å². The molecule has 0 fully saturated rings. The van der Waals surface area contributed by atoms with Crippen LogP contribution in [-0.2, 0) is 23.4 Å². The minimum atomic E-state index is -0.0972. The molecule has 1 amide bonds. The van der Waals surface area contributed by atoms with Crippen LogP contribution in [-0.4, -0.2) is 13.0 Å². The fourth-order valence-corrected chi connectivity index (χ4v) is 0.469. The van der Waals surface area contributed by atoms with Gasteiger partial charge in [-0.25, -0.2) is 19.4 Å². The molecule has 0 saturated carbocycles. The number of allylic oxidation sites excluding steroid dienone is 1. The van der Waals surface area contributed by atoms with Gasteiger partial charge in [0.05, 0.1) is 0 Å². The van der Waals surface area contributed by atoms with Crippen LogP contribution in [0.5, 0.6) is 0 Å². The second-order valence-electron chi connectivity index (χ2n) is 1.56. The van der Waals surface area contributed by atoms with Crippen LogP contribution in [0, 0.1) is 21.3 Å². The predicted molar refractivity (Wildman–Crippen MR) is 43.9 cm³/mol. The minimum Gasteiger partial charge on any atom is -0.371 e. The predicted octanol–water partition coefficient (Wildman–Crippen LogP) is 1.16. The van der Waals surface area contributed by atoms with Gasteiger partial charge in [-0.1, -0.05) is 0 Å². The molecule has 0 aromatic carbocycles. The fraction of sp³-hybridized carbons (Fsp3) is 0.250. The van der Waals surface area contributed by atoms with Crippen molar-refractivity contribution >= 4 is 5.91 Å². The van der Waals surface area contributed by atoms with Gasteiger partial charge in [-0.15, -0.1) is 0 Å². The molecule has 0 saturated heterocycles. The normalized spacial score (nSPS) is 9.09. The average molecular weight is 191 g/mol. The van der Waals surface area contributed by atoms with Gasteiger partial charge in [-0.05, 0) is 0 Å². The van der Waals surface area contributed by atoms with Crippen LogP contribution < -0.4 is 5.32 Å². The number of carbonyl (C=O) groups excluding carboxylic acids is 1. The summed E-state index contributed by atoms with van der Waals surface area (Å²) in [4.78, 5) is 10.7. The molecule has 0 aliphatic carbocycles. The smallest absolute Gasteiger partial charge is 0.162 e. The third-order valence-corrected chi connectivity index (χ3v) is 1.03. The van der Waals surface area contributed by atoms with E-state index in [-0.39, 0.29) is 31.9 Å². The molecule has 0 aliphatic heterocycles. The Labute approximate surface area is 81.3 Å². The third-order valence-electron chi connectivity index (χ3n) is 1.03. The fourth-order valence-electron chi connectivity index (χ4n) is 0.469. The van der Waals surface area contributed by atoms with Gasteiger partial charge in [0.15, 0.2) is 5.91 Å². The van der Waals surface area contributed by atoms with E-state index < -0.39 is 0 Å². The quantitative estimate of drug-likeness (QED) is 0.515. The molecule has 11 heavy (non-hydrogen) atoms. The molecule has 2 nitrogen and oxygen atoms in total. The Bertz CT molecular complexity index is 132. The van der Waals surface area contributed by atoms with Crippen LogP contribution in [0.25, 0.3) is 0 Å². The Hall–Kier alpha value is -0.336. The third kappa shape index (κ3) is 6.08. The first-order valence-electron chi connectivity index (χ1n) is 2.75. The summed E-state index contributed by atoms with van der Waals surface area (Å²) in [6.07, 6.45) is 2.01. The van der Waals surface area contributed by atoms with Crippen molar-refractivity contribution in [2.24, 2.45) is 0 Å². The van der Waals surface area contributed by atoms with Crippen LogP contribution in [0.3, 0.4) is 0 Å². The van der Waals surface area contributed by atoms with Gasteiger partial charge in [0, 0.05) is 25.6 Å². The van der Waals surface area contributed by atoms with Crippen molar-refractivity contribution in [3.8, 4) is 0 Å². The number of carbonyl (C=O) groups is 1. The summed E-state index contributed by atoms with van der Waals surface area (Å²) in [5.74, 6) is -0.0972. The molecular weight excluding hydrogens is 177 g/mol. The Morgan fingerprint density at radius 3 is 2.18 bits per heavy atom. The van der Waals surface area contributed by atoms with Crippen molar-refractivity contribution in [2.75, 3.05) is 7.05 Å². The van der Waals surface area contributed by atoms with Crippen molar-refractivity contribution in [3.63, 3.8) is 0 Å². The van der Waals surface area contributed by atoms with Crippen molar-refractivity contribution in [1.29, 1.82) is 0 Å².